The molecule has 37 heavy (non-hydrogen) atoms. The van der Waals surface area contributed by atoms with Gasteiger partial charge in [0.05, 0.1) is 25.3 Å². The SMILES string of the molecule is CCN(CCN(NC)C(=O)Nc1ccc(N)cc1)c1c(F)cc(N2C[C@H](CNC(C)=O)OC2=O)cc1F. The second-order valence-corrected chi connectivity index (χ2v) is 8.32. The Morgan fingerprint density at radius 1 is 1.16 bits per heavy atom. The van der Waals surface area contributed by atoms with Crippen LogP contribution in [0.4, 0.5) is 41.1 Å². The van der Waals surface area contributed by atoms with Crippen molar-refractivity contribution >= 4 is 40.8 Å². The summed E-state index contributed by atoms with van der Waals surface area (Å²) in [5, 5.41) is 6.54. The molecule has 200 valence electrons. The summed E-state index contributed by atoms with van der Waals surface area (Å²) < 4.78 is 35.4. The number of hydrogen-bond donors (Lipinski definition) is 4. The summed E-state index contributed by atoms with van der Waals surface area (Å²) in [6.07, 6.45) is -1.40. The second kappa shape index (κ2) is 12.2. The maximum atomic E-state index is 15.1. The minimum absolute atomic E-state index is 0.00450. The van der Waals surface area contributed by atoms with Gasteiger partial charge in [0, 0.05) is 50.6 Å². The van der Waals surface area contributed by atoms with E-state index in [1.807, 2.05) is 0 Å². The van der Waals surface area contributed by atoms with Crippen LogP contribution in [0.2, 0.25) is 0 Å². The number of rotatable bonds is 10. The molecule has 0 saturated carbocycles. The molecule has 0 aliphatic carbocycles. The minimum Gasteiger partial charge on any atom is -0.442 e. The lowest BCUT2D eigenvalue weighted by Crippen LogP contribution is -2.47. The molecule has 5 N–H and O–H groups in total. The Hall–Kier alpha value is -4.13. The first-order valence-electron chi connectivity index (χ1n) is 11.7. The molecule has 0 spiro atoms. The lowest BCUT2D eigenvalue weighted by Gasteiger charge is -2.29. The van der Waals surface area contributed by atoms with Gasteiger partial charge in [-0.2, -0.15) is 0 Å². The standard InChI is InChI=1S/C24H31F2N7O4/c1-4-31(9-10-33(28-3)23(35)30-17-7-5-16(27)6-8-17)22-20(25)11-18(12-21(22)26)32-14-19(37-24(32)36)13-29-15(2)34/h5-8,11-12,19,28H,4,9-10,13-14,27H2,1-3H3,(H,29,34)(H,30,35)/t19-/m0/s1. The normalized spacial score (nSPS) is 14.8. The number of carbonyl (C=O) groups excluding carboxylic acids is 3. The van der Waals surface area contributed by atoms with Crippen LogP contribution in [0, 0.1) is 11.6 Å². The van der Waals surface area contributed by atoms with E-state index in [1.54, 1.807) is 38.2 Å². The minimum atomic E-state index is -0.864. The number of benzene rings is 2. The highest BCUT2D eigenvalue weighted by Crippen LogP contribution is 2.31. The molecule has 1 heterocycles. The monoisotopic (exact) mass is 519 g/mol. The highest BCUT2D eigenvalue weighted by molar-refractivity contribution is 5.90. The smallest absolute Gasteiger partial charge is 0.414 e. The van der Waals surface area contributed by atoms with Gasteiger partial charge >= 0.3 is 12.1 Å². The van der Waals surface area contributed by atoms with Gasteiger partial charge in [-0.3, -0.25) is 14.7 Å². The summed E-state index contributed by atoms with van der Waals surface area (Å²) in [4.78, 5) is 38.5. The first-order chi connectivity index (χ1) is 17.6. The fraction of sp³-hybridized carbons (Fsp3) is 0.375. The van der Waals surface area contributed by atoms with E-state index in [2.05, 4.69) is 16.1 Å². The van der Waals surface area contributed by atoms with Crippen LogP contribution in [-0.2, 0) is 9.53 Å². The van der Waals surface area contributed by atoms with E-state index < -0.39 is 29.9 Å². The van der Waals surface area contributed by atoms with Crippen LogP contribution in [0.5, 0.6) is 0 Å². The highest BCUT2D eigenvalue weighted by Gasteiger charge is 2.33. The van der Waals surface area contributed by atoms with E-state index in [4.69, 9.17) is 10.5 Å². The number of hydrogen-bond acceptors (Lipinski definition) is 7. The number of amides is 4. The summed E-state index contributed by atoms with van der Waals surface area (Å²) in [5.41, 5.74) is 9.25. The van der Waals surface area contributed by atoms with Crippen molar-refractivity contribution < 1.29 is 27.9 Å². The zero-order valence-electron chi connectivity index (χ0n) is 20.9. The van der Waals surface area contributed by atoms with Crippen LogP contribution in [0.3, 0.4) is 0 Å². The number of anilines is 4. The number of likely N-dealkylation sites (N-methyl/N-ethyl adjacent to an activating group) is 1. The molecule has 2 aromatic carbocycles. The number of ether oxygens (including phenoxy) is 1. The van der Waals surface area contributed by atoms with Crippen LogP contribution >= 0.6 is 0 Å². The van der Waals surface area contributed by atoms with Crippen molar-refractivity contribution in [3.63, 3.8) is 0 Å². The maximum absolute atomic E-state index is 15.1. The lowest BCUT2D eigenvalue weighted by atomic mass is 10.2. The van der Waals surface area contributed by atoms with E-state index >= 15 is 8.78 Å². The predicted molar refractivity (Wildman–Crippen MR) is 136 cm³/mol. The van der Waals surface area contributed by atoms with Crippen molar-refractivity contribution in [2.75, 3.05) is 60.6 Å². The number of carbonyl (C=O) groups is 3. The first-order valence-corrected chi connectivity index (χ1v) is 11.7. The molecule has 1 atom stereocenters. The number of halogens is 2. The number of nitrogen functional groups attached to an aromatic ring is 1. The van der Waals surface area contributed by atoms with E-state index in [0.717, 1.165) is 17.0 Å². The molecule has 1 aliphatic rings. The Morgan fingerprint density at radius 3 is 2.38 bits per heavy atom. The molecular weight excluding hydrogens is 488 g/mol. The van der Waals surface area contributed by atoms with Crippen molar-refractivity contribution in [1.29, 1.82) is 0 Å². The molecule has 4 amide bonds. The first kappa shape index (κ1) is 27.5. The molecule has 1 saturated heterocycles. The Bertz CT molecular complexity index is 1110. The molecular formula is C24H31F2N7O4. The number of nitrogens with one attached hydrogen (secondary N) is 3. The third-order valence-electron chi connectivity index (χ3n) is 5.73. The summed E-state index contributed by atoms with van der Waals surface area (Å²) in [7, 11) is 1.56. The van der Waals surface area contributed by atoms with Crippen LogP contribution < -0.4 is 31.6 Å². The summed E-state index contributed by atoms with van der Waals surface area (Å²) in [6.45, 7) is 3.68. The van der Waals surface area contributed by atoms with Gasteiger partial charge in [0.2, 0.25) is 5.91 Å². The van der Waals surface area contributed by atoms with Gasteiger partial charge in [0.1, 0.15) is 11.8 Å². The third kappa shape index (κ3) is 6.97. The Labute approximate surface area is 213 Å². The van der Waals surface area contributed by atoms with Crippen molar-refractivity contribution in [3.8, 4) is 0 Å². The fourth-order valence-electron chi connectivity index (χ4n) is 3.83. The topological polar surface area (TPSA) is 132 Å². The van der Waals surface area contributed by atoms with Gasteiger partial charge < -0.3 is 26.0 Å². The molecule has 0 aromatic heterocycles. The van der Waals surface area contributed by atoms with Crippen LogP contribution in [0.15, 0.2) is 36.4 Å². The molecule has 1 aliphatic heterocycles. The van der Waals surface area contributed by atoms with Gasteiger partial charge in [-0.15, -0.1) is 0 Å². The zero-order valence-corrected chi connectivity index (χ0v) is 20.9. The fourth-order valence-corrected chi connectivity index (χ4v) is 3.83. The average Bonchev–Trinajstić information content (AvgIpc) is 3.23. The van der Waals surface area contributed by atoms with Gasteiger partial charge in [-0.05, 0) is 31.2 Å². The Morgan fingerprint density at radius 2 is 1.81 bits per heavy atom. The van der Waals surface area contributed by atoms with Crippen molar-refractivity contribution in [2.24, 2.45) is 0 Å². The van der Waals surface area contributed by atoms with E-state index in [-0.39, 0.29) is 50.0 Å². The average molecular weight is 520 g/mol. The largest absolute Gasteiger partial charge is 0.442 e. The van der Waals surface area contributed by atoms with Crippen LogP contribution in [0.1, 0.15) is 13.8 Å². The maximum Gasteiger partial charge on any atom is 0.414 e. The molecule has 0 radical (unpaired) electrons. The van der Waals surface area contributed by atoms with E-state index in [1.165, 1.54) is 16.8 Å². The third-order valence-corrected chi connectivity index (χ3v) is 5.73. The molecule has 0 bridgehead atoms. The van der Waals surface area contributed by atoms with Crippen molar-refractivity contribution in [3.05, 3.63) is 48.0 Å². The molecule has 2 aromatic rings. The molecule has 0 unspecified atom stereocenters. The van der Waals surface area contributed by atoms with Crippen molar-refractivity contribution in [1.82, 2.24) is 15.8 Å². The summed E-state index contributed by atoms with van der Waals surface area (Å²) in [5.74, 6) is -2.01. The molecule has 3 rings (SSSR count). The van der Waals surface area contributed by atoms with Crippen LogP contribution in [0.25, 0.3) is 0 Å². The van der Waals surface area contributed by atoms with Crippen LogP contribution in [-0.4, -0.2) is 68.9 Å². The summed E-state index contributed by atoms with van der Waals surface area (Å²) in [6, 6.07) is 8.28. The molecule has 11 nitrogen and oxygen atoms in total. The predicted octanol–water partition coefficient (Wildman–Crippen LogP) is 2.50. The second-order valence-electron chi connectivity index (χ2n) is 8.32. The van der Waals surface area contributed by atoms with Gasteiger partial charge in [0.15, 0.2) is 11.6 Å². The molecule has 1 fully saturated rings. The number of hydrazine groups is 1. The number of urea groups is 1. The number of nitrogens with two attached hydrogens (primary N) is 1. The Kier molecular flexibility index (Phi) is 9.06. The lowest BCUT2D eigenvalue weighted by molar-refractivity contribution is -0.119. The van der Waals surface area contributed by atoms with E-state index in [9.17, 15) is 14.4 Å². The number of cyclic esters (lactones) is 1. The molecule has 13 heteroatoms. The van der Waals surface area contributed by atoms with Crippen molar-refractivity contribution in [2.45, 2.75) is 20.0 Å². The van der Waals surface area contributed by atoms with E-state index in [0.29, 0.717) is 11.4 Å². The van der Waals surface area contributed by atoms with Gasteiger partial charge in [-0.1, -0.05) is 0 Å². The number of nitrogens with zero attached hydrogens (tertiary/aromatic N) is 3. The summed E-state index contributed by atoms with van der Waals surface area (Å²) >= 11 is 0. The Balaban J connectivity index is 1.67. The van der Waals surface area contributed by atoms with Gasteiger partial charge in [0.25, 0.3) is 0 Å². The zero-order chi connectivity index (χ0) is 27.1. The highest BCUT2D eigenvalue weighted by atomic mass is 19.1. The van der Waals surface area contributed by atoms with Gasteiger partial charge in [-0.25, -0.2) is 23.8 Å². The quantitative estimate of drug-likeness (QED) is 0.280.